The fraction of sp³-hybridized carbons (Fsp3) is 0.529. The molecule has 0 aromatic heterocycles. The molecule has 22 heavy (non-hydrogen) atoms. The fourth-order valence-corrected chi connectivity index (χ4v) is 2.73. The third-order valence-corrected chi connectivity index (χ3v) is 3.97. The number of nitrogens with one attached hydrogen (secondary N) is 2. The zero-order valence-electron chi connectivity index (χ0n) is 12.8. The smallest absolute Gasteiger partial charge is 0.251 e. The number of nitriles is 1. The summed E-state index contributed by atoms with van der Waals surface area (Å²) in [4.78, 5) is 11.9. The highest BCUT2D eigenvalue weighted by Crippen LogP contribution is 2.16. The number of amides is 1. The van der Waals surface area contributed by atoms with Crippen molar-refractivity contribution < 1.29 is 4.79 Å². The predicted molar refractivity (Wildman–Crippen MR) is 90.2 cm³/mol. The number of hydrogen-bond donors (Lipinski definition) is 2. The molecular formula is C17H24ClN3O. The molecule has 0 radical (unpaired) electrons. The van der Waals surface area contributed by atoms with E-state index in [1.807, 2.05) is 6.07 Å². The Morgan fingerprint density at radius 3 is 2.32 bits per heavy atom. The molecule has 0 aliphatic heterocycles. The summed E-state index contributed by atoms with van der Waals surface area (Å²) < 4.78 is 0. The van der Waals surface area contributed by atoms with E-state index in [9.17, 15) is 4.79 Å². The lowest BCUT2D eigenvalue weighted by molar-refractivity contribution is 0.0953. The van der Waals surface area contributed by atoms with Crippen LogP contribution in [0, 0.1) is 11.3 Å². The lowest BCUT2D eigenvalue weighted by Gasteiger charge is -2.16. The molecular weight excluding hydrogens is 298 g/mol. The Morgan fingerprint density at radius 1 is 1.09 bits per heavy atom. The van der Waals surface area contributed by atoms with Crippen molar-refractivity contribution in [1.29, 1.82) is 5.26 Å². The van der Waals surface area contributed by atoms with E-state index in [2.05, 4.69) is 10.6 Å². The van der Waals surface area contributed by atoms with Crippen LogP contribution in [-0.4, -0.2) is 25.0 Å². The molecule has 0 saturated heterocycles. The van der Waals surface area contributed by atoms with Crippen LogP contribution >= 0.6 is 12.4 Å². The van der Waals surface area contributed by atoms with Crippen LogP contribution in [-0.2, 0) is 0 Å². The highest BCUT2D eigenvalue weighted by Gasteiger charge is 2.11. The van der Waals surface area contributed by atoms with E-state index in [4.69, 9.17) is 5.26 Å². The Bertz CT molecular complexity index is 488. The van der Waals surface area contributed by atoms with E-state index in [0.717, 1.165) is 6.54 Å². The lowest BCUT2D eigenvalue weighted by Crippen LogP contribution is -2.36. The molecule has 1 saturated carbocycles. The Hall–Kier alpha value is -1.57. The van der Waals surface area contributed by atoms with E-state index in [1.165, 1.54) is 38.5 Å². The lowest BCUT2D eigenvalue weighted by atomic mass is 10.1. The molecule has 1 aromatic rings. The SMILES string of the molecule is Cl.N#Cc1ccc(C(=O)NCCNC2CCCCCC2)cc1. The molecule has 1 aromatic carbocycles. The van der Waals surface area contributed by atoms with E-state index in [0.29, 0.717) is 23.7 Å². The van der Waals surface area contributed by atoms with Gasteiger partial charge in [-0.1, -0.05) is 25.7 Å². The monoisotopic (exact) mass is 321 g/mol. The third-order valence-electron chi connectivity index (χ3n) is 3.97. The van der Waals surface area contributed by atoms with Crippen molar-refractivity contribution in [3.63, 3.8) is 0 Å². The maximum Gasteiger partial charge on any atom is 0.251 e. The summed E-state index contributed by atoms with van der Waals surface area (Å²) in [5, 5.41) is 15.2. The van der Waals surface area contributed by atoms with Crippen LogP contribution in [0.5, 0.6) is 0 Å². The molecule has 0 unspecified atom stereocenters. The first kappa shape index (κ1) is 18.5. The quantitative estimate of drug-likeness (QED) is 0.647. The van der Waals surface area contributed by atoms with Gasteiger partial charge >= 0.3 is 0 Å². The number of hydrogen-bond acceptors (Lipinski definition) is 3. The zero-order valence-corrected chi connectivity index (χ0v) is 13.6. The zero-order chi connectivity index (χ0) is 14.9. The van der Waals surface area contributed by atoms with Crippen LogP contribution in [0.15, 0.2) is 24.3 Å². The van der Waals surface area contributed by atoms with Crippen LogP contribution in [0.25, 0.3) is 0 Å². The molecule has 1 fully saturated rings. The van der Waals surface area contributed by atoms with Gasteiger partial charge in [-0.05, 0) is 37.1 Å². The van der Waals surface area contributed by atoms with Crippen LogP contribution in [0.4, 0.5) is 0 Å². The Morgan fingerprint density at radius 2 is 1.73 bits per heavy atom. The summed E-state index contributed by atoms with van der Waals surface area (Å²) in [6.07, 6.45) is 7.85. The van der Waals surface area contributed by atoms with Crippen molar-refractivity contribution in [2.45, 2.75) is 44.6 Å². The van der Waals surface area contributed by atoms with Gasteiger partial charge in [0.1, 0.15) is 0 Å². The van der Waals surface area contributed by atoms with Crippen molar-refractivity contribution in [1.82, 2.24) is 10.6 Å². The summed E-state index contributed by atoms with van der Waals surface area (Å²) in [7, 11) is 0. The van der Waals surface area contributed by atoms with Crippen LogP contribution in [0.3, 0.4) is 0 Å². The van der Waals surface area contributed by atoms with Gasteiger partial charge < -0.3 is 10.6 Å². The molecule has 120 valence electrons. The van der Waals surface area contributed by atoms with Gasteiger partial charge in [0.2, 0.25) is 0 Å². The minimum atomic E-state index is -0.0813. The second-order valence-corrected chi connectivity index (χ2v) is 5.59. The van der Waals surface area contributed by atoms with E-state index >= 15 is 0 Å². The first-order valence-corrected chi connectivity index (χ1v) is 7.81. The van der Waals surface area contributed by atoms with Gasteiger partial charge in [-0.15, -0.1) is 12.4 Å². The number of carbonyl (C=O) groups excluding carboxylic acids is 1. The molecule has 1 aliphatic rings. The molecule has 4 nitrogen and oxygen atoms in total. The maximum atomic E-state index is 11.9. The maximum absolute atomic E-state index is 11.9. The number of carbonyl (C=O) groups is 1. The summed E-state index contributed by atoms with van der Waals surface area (Å²) in [5.41, 5.74) is 1.17. The summed E-state index contributed by atoms with van der Waals surface area (Å²) >= 11 is 0. The van der Waals surface area contributed by atoms with Crippen molar-refractivity contribution in [3.05, 3.63) is 35.4 Å². The molecule has 1 aliphatic carbocycles. The standard InChI is InChI=1S/C17H23N3O.ClH/c18-13-14-7-9-15(10-8-14)17(21)20-12-11-19-16-5-3-1-2-4-6-16;/h7-10,16,19H,1-6,11-12H2,(H,20,21);1H. The molecule has 0 spiro atoms. The Labute approximate surface area is 138 Å². The minimum Gasteiger partial charge on any atom is -0.351 e. The van der Waals surface area contributed by atoms with Crippen LogP contribution in [0.2, 0.25) is 0 Å². The molecule has 0 bridgehead atoms. The molecule has 2 rings (SSSR count). The van der Waals surface area contributed by atoms with E-state index in [-0.39, 0.29) is 18.3 Å². The predicted octanol–water partition coefficient (Wildman–Crippen LogP) is 3.02. The largest absolute Gasteiger partial charge is 0.351 e. The minimum absolute atomic E-state index is 0. The highest BCUT2D eigenvalue weighted by molar-refractivity contribution is 5.94. The van der Waals surface area contributed by atoms with Crippen molar-refractivity contribution in [2.75, 3.05) is 13.1 Å². The number of halogens is 1. The highest BCUT2D eigenvalue weighted by atomic mass is 35.5. The summed E-state index contributed by atoms with van der Waals surface area (Å²) in [6, 6.07) is 9.36. The van der Waals surface area contributed by atoms with E-state index in [1.54, 1.807) is 24.3 Å². The average molecular weight is 322 g/mol. The average Bonchev–Trinajstić information content (AvgIpc) is 2.80. The third kappa shape index (κ3) is 6.05. The van der Waals surface area contributed by atoms with Crippen molar-refractivity contribution in [2.24, 2.45) is 0 Å². The van der Waals surface area contributed by atoms with Crippen LogP contribution in [0.1, 0.15) is 54.4 Å². The second-order valence-electron chi connectivity index (χ2n) is 5.59. The van der Waals surface area contributed by atoms with Gasteiger partial charge in [-0.25, -0.2) is 0 Å². The van der Waals surface area contributed by atoms with Gasteiger partial charge in [0.25, 0.3) is 5.91 Å². The first-order chi connectivity index (χ1) is 10.3. The number of rotatable bonds is 5. The Balaban J connectivity index is 0.00000242. The molecule has 0 heterocycles. The van der Waals surface area contributed by atoms with Gasteiger partial charge in [-0.2, -0.15) is 5.26 Å². The number of benzene rings is 1. The summed E-state index contributed by atoms with van der Waals surface area (Å²) in [6.45, 7) is 1.45. The fourth-order valence-electron chi connectivity index (χ4n) is 2.73. The normalized spacial score (nSPS) is 15.2. The first-order valence-electron chi connectivity index (χ1n) is 7.81. The molecule has 2 N–H and O–H groups in total. The second kappa shape index (κ2) is 10.2. The molecule has 0 atom stereocenters. The van der Waals surface area contributed by atoms with Gasteiger partial charge in [0.05, 0.1) is 11.6 Å². The van der Waals surface area contributed by atoms with E-state index < -0.39 is 0 Å². The molecule has 5 heteroatoms. The molecule has 1 amide bonds. The Kier molecular flexibility index (Phi) is 8.57. The number of nitrogens with zero attached hydrogens (tertiary/aromatic N) is 1. The summed E-state index contributed by atoms with van der Waals surface area (Å²) in [5.74, 6) is -0.0813. The van der Waals surface area contributed by atoms with Gasteiger partial charge in [0, 0.05) is 24.7 Å². The van der Waals surface area contributed by atoms with Crippen molar-refractivity contribution >= 4 is 18.3 Å². The van der Waals surface area contributed by atoms with Crippen molar-refractivity contribution in [3.8, 4) is 6.07 Å². The van der Waals surface area contributed by atoms with Gasteiger partial charge in [-0.3, -0.25) is 4.79 Å². The van der Waals surface area contributed by atoms with Crippen LogP contribution < -0.4 is 10.6 Å². The van der Waals surface area contributed by atoms with Gasteiger partial charge in [0.15, 0.2) is 0 Å². The topological polar surface area (TPSA) is 64.9 Å².